The van der Waals surface area contributed by atoms with Gasteiger partial charge in [-0.1, -0.05) is 6.07 Å². The van der Waals surface area contributed by atoms with Gasteiger partial charge in [0.2, 0.25) is 0 Å². The summed E-state index contributed by atoms with van der Waals surface area (Å²) in [5.41, 5.74) is 0. The molecule has 0 radical (unpaired) electrons. The van der Waals surface area contributed by atoms with Crippen molar-refractivity contribution in [3.05, 3.63) is 34.7 Å². The molecule has 76 valence electrons. The van der Waals surface area contributed by atoms with Crippen molar-refractivity contribution >= 4 is 17.3 Å². The van der Waals surface area contributed by atoms with Gasteiger partial charge in [-0.25, -0.2) is 4.79 Å². The Balaban J connectivity index is 2.39. The third-order valence-corrected chi connectivity index (χ3v) is 2.51. The van der Waals surface area contributed by atoms with E-state index in [2.05, 4.69) is 10.8 Å². The highest BCUT2D eigenvalue weighted by molar-refractivity contribution is 7.09. The number of carbonyl (C=O) groups excluding carboxylic acids is 1. The Morgan fingerprint density at radius 2 is 2.50 bits per heavy atom. The van der Waals surface area contributed by atoms with Crippen LogP contribution in [0.2, 0.25) is 0 Å². The summed E-state index contributed by atoms with van der Waals surface area (Å²) < 4.78 is 4.49. The molecule has 0 saturated heterocycles. The van der Waals surface area contributed by atoms with E-state index in [1.165, 1.54) is 18.1 Å². The molecular formula is C10H13NO2S. The lowest BCUT2D eigenvalue weighted by Crippen LogP contribution is -2.10. The lowest BCUT2D eigenvalue weighted by atomic mass is 10.4. The predicted molar refractivity (Wildman–Crippen MR) is 56.9 cm³/mol. The quantitative estimate of drug-likeness (QED) is 0.562. The molecule has 0 aromatic carbocycles. The first-order valence-electron chi connectivity index (χ1n) is 4.21. The molecule has 0 unspecified atom stereocenters. The second-order valence-electron chi connectivity index (χ2n) is 2.83. The number of ether oxygens (including phenoxy) is 1. The average molecular weight is 211 g/mol. The smallest absolute Gasteiger partial charge is 0.331 e. The third-order valence-electron chi connectivity index (χ3n) is 1.65. The third kappa shape index (κ3) is 3.62. The van der Waals surface area contributed by atoms with Gasteiger partial charge in [-0.05, 0) is 11.4 Å². The van der Waals surface area contributed by atoms with Crippen LogP contribution >= 0.6 is 11.3 Å². The summed E-state index contributed by atoms with van der Waals surface area (Å²) in [5, 5.41) is 2.03. The molecule has 1 rings (SSSR count). The Morgan fingerprint density at radius 3 is 3.07 bits per heavy atom. The summed E-state index contributed by atoms with van der Waals surface area (Å²) in [4.78, 5) is 14.0. The molecule has 0 aliphatic rings. The van der Waals surface area contributed by atoms with E-state index in [4.69, 9.17) is 0 Å². The fourth-order valence-corrected chi connectivity index (χ4v) is 1.72. The molecule has 0 atom stereocenters. The van der Waals surface area contributed by atoms with Gasteiger partial charge in [-0.15, -0.1) is 11.3 Å². The van der Waals surface area contributed by atoms with Crippen LogP contribution in [0.15, 0.2) is 29.8 Å². The molecule has 1 aromatic heterocycles. The van der Waals surface area contributed by atoms with Crippen LogP contribution in [0.5, 0.6) is 0 Å². The van der Waals surface area contributed by atoms with E-state index >= 15 is 0 Å². The lowest BCUT2D eigenvalue weighted by molar-refractivity contribution is -0.134. The Hall–Kier alpha value is -1.29. The zero-order chi connectivity index (χ0) is 10.4. The second-order valence-corrected chi connectivity index (χ2v) is 3.87. The van der Waals surface area contributed by atoms with E-state index in [1.807, 2.05) is 23.4 Å². The Morgan fingerprint density at radius 1 is 1.71 bits per heavy atom. The molecule has 0 aliphatic heterocycles. The summed E-state index contributed by atoms with van der Waals surface area (Å²) in [6.07, 6.45) is 3.12. The van der Waals surface area contributed by atoms with Crippen LogP contribution in [0.1, 0.15) is 4.88 Å². The largest absolute Gasteiger partial charge is 0.466 e. The molecule has 1 aromatic rings. The van der Waals surface area contributed by atoms with Gasteiger partial charge in [0, 0.05) is 24.2 Å². The molecule has 0 amide bonds. The van der Waals surface area contributed by atoms with E-state index in [9.17, 15) is 4.79 Å². The van der Waals surface area contributed by atoms with E-state index in [0.29, 0.717) is 0 Å². The minimum absolute atomic E-state index is 0.331. The number of methoxy groups -OCH3 is 1. The van der Waals surface area contributed by atoms with Crippen LogP contribution in [-0.4, -0.2) is 25.0 Å². The number of hydrogen-bond acceptors (Lipinski definition) is 4. The van der Waals surface area contributed by atoms with Crippen LogP contribution in [0.4, 0.5) is 0 Å². The normalized spacial score (nSPS) is 10.4. The summed E-state index contributed by atoms with van der Waals surface area (Å²) in [7, 11) is 3.28. The van der Waals surface area contributed by atoms with E-state index < -0.39 is 0 Å². The standard InChI is InChI=1S/C10H13NO2S/c1-11(6-5-10(12)13-2)8-9-4-3-7-14-9/h3-7H,8H2,1-2H3. The number of nitrogens with zero attached hydrogens (tertiary/aromatic N) is 1. The number of carbonyl (C=O) groups is 1. The second kappa shape index (κ2) is 5.44. The summed E-state index contributed by atoms with van der Waals surface area (Å²) in [6, 6.07) is 4.07. The van der Waals surface area contributed by atoms with Gasteiger partial charge in [0.25, 0.3) is 0 Å². The molecule has 4 heteroatoms. The Bertz CT molecular complexity index is 306. The van der Waals surface area contributed by atoms with Crippen molar-refractivity contribution in [2.24, 2.45) is 0 Å². The maximum atomic E-state index is 10.8. The van der Waals surface area contributed by atoms with Gasteiger partial charge in [0.1, 0.15) is 0 Å². The van der Waals surface area contributed by atoms with Gasteiger partial charge in [0.15, 0.2) is 0 Å². The number of rotatable bonds is 4. The highest BCUT2D eigenvalue weighted by Gasteiger charge is 1.97. The summed E-state index contributed by atoms with van der Waals surface area (Å²) in [6.45, 7) is 0.811. The average Bonchev–Trinajstić information content (AvgIpc) is 2.66. The van der Waals surface area contributed by atoms with Crippen molar-refractivity contribution in [1.82, 2.24) is 4.90 Å². The maximum absolute atomic E-state index is 10.8. The van der Waals surface area contributed by atoms with E-state index in [-0.39, 0.29) is 5.97 Å². The molecule has 0 saturated carbocycles. The first kappa shape index (κ1) is 10.8. The molecule has 1 heterocycles. The molecule has 0 spiro atoms. The molecule has 14 heavy (non-hydrogen) atoms. The molecule has 0 aliphatic carbocycles. The highest BCUT2D eigenvalue weighted by Crippen LogP contribution is 2.10. The Labute approximate surface area is 87.6 Å². The maximum Gasteiger partial charge on any atom is 0.331 e. The van der Waals surface area contributed by atoms with Gasteiger partial charge in [-0.3, -0.25) is 0 Å². The van der Waals surface area contributed by atoms with E-state index in [1.54, 1.807) is 17.5 Å². The first-order valence-corrected chi connectivity index (χ1v) is 5.09. The van der Waals surface area contributed by atoms with Crippen molar-refractivity contribution in [2.75, 3.05) is 14.2 Å². The molecule has 0 fully saturated rings. The molecular weight excluding hydrogens is 198 g/mol. The molecule has 0 N–H and O–H groups in total. The zero-order valence-electron chi connectivity index (χ0n) is 8.27. The van der Waals surface area contributed by atoms with Gasteiger partial charge in [-0.2, -0.15) is 0 Å². The van der Waals surface area contributed by atoms with Gasteiger partial charge >= 0.3 is 5.97 Å². The van der Waals surface area contributed by atoms with Crippen molar-refractivity contribution in [3.63, 3.8) is 0 Å². The fourth-order valence-electron chi connectivity index (χ4n) is 0.957. The van der Waals surface area contributed by atoms with Crippen LogP contribution < -0.4 is 0 Å². The number of esters is 1. The number of hydrogen-bond donors (Lipinski definition) is 0. The minimum atomic E-state index is -0.331. The van der Waals surface area contributed by atoms with Crippen LogP contribution in [0.3, 0.4) is 0 Å². The van der Waals surface area contributed by atoms with Crippen LogP contribution in [0.25, 0.3) is 0 Å². The zero-order valence-corrected chi connectivity index (χ0v) is 9.08. The van der Waals surface area contributed by atoms with Crippen molar-refractivity contribution in [3.8, 4) is 0 Å². The van der Waals surface area contributed by atoms with Crippen LogP contribution in [-0.2, 0) is 16.1 Å². The minimum Gasteiger partial charge on any atom is -0.466 e. The van der Waals surface area contributed by atoms with Crippen molar-refractivity contribution < 1.29 is 9.53 Å². The monoisotopic (exact) mass is 211 g/mol. The lowest BCUT2D eigenvalue weighted by Gasteiger charge is -2.11. The topological polar surface area (TPSA) is 29.5 Å². The van der Waals surface area contributed by atoms with Gasteiger partial charge in [0.05, 0.1) is 13.7 Å². The summed E-state index contributed by atoms with van der Waals surface area (Å²) >= 11 is 1.70. The van der Waals surface area contributed by atoms with E-state index in [0.717, 1.165) is 6.54 Å². The fraction of sp³-hybridized carbons (Fsp3) is 0.300. The number of thiophene rings is 1. The first-order chi connectivity index (χ1) is 6.72. The van der Waals surface area contributed by atoms with Crippen molar-refractivity contribution in [2.45, 2.75) is 6.54 Å². The van der Waals surface area contributed by atoms with Gasteiger partial charge < -0.3 is 9.64 Å². The molecule has 0 bridgehead atoms. The predicted octanol–water partition coefficient (Wildman–Crippen LogP) is 1.87. The Kier molecular flexibility index (Phi) is 4.19. The molecule has 3 nitrogen and oxygen atoms in total. The summed E-state index contributed by atoms with van der Waals surface area (Å²) in [5.74, 6) is -0.331. The highest BCUT2D eigenvalue weighted by atomic mass is 32.1. The van der Waals surface area contributed by atoms with Crippen molar-refractivity contribution in [1.29, 1.82) is 0 Å². The van der Waals surface area contributed by atoms with Crippen LogP contribution in [0, 0.1) is 0 Å². The SMILES string of the molecule is COC(=O)C=CN(C)Cc1cccs1.